The number of carbonyl (C=O) groups is 1. The molecule has 0 radical (unpaired) electrons. The SMILES string of the molecule is COc1cccc(CN(CC(C)C)C(=O)c2oc(C)nc2C)c1. The van der Waals surface area contributed by atoms with Gasteiger partial charge in [-0.2, -0.15) is 0 Å². The van der Waals surface area contributed by atoms with Crippen LogP contribution in [-0.2, 0) is 6.54 Å². The fourth-order valence-corrected chi connectivity index (χ4v) is 2.52. The van der Waals surface area contributed by atoms with Crippen molar-refractivity contribution in [3.63, 3.8) is 0 Å². The highest BCUT2D eigenvalue weighted by Crippen LogP contribution is 2.18. The summed E-state index contributed by atoms with van der Waals surface area (Å²) in [6.45, 7) is 8.87. The van der Waals surface area contributed by atoms with Crippen LogP contribution >= 0.6 is 0 Å². The van der Waals surface area contributed by atoms with E-state index < -0.39 is 0 Å². The zero-order valence-corrected chi connectivity index (χ0v) is 14.4. The van der Waals surface area contributed by atoms with E-state index in [0.717, 1.165) is 11.3 Å². The van der Waals surface area contributed by atoms with Crippen molar-refractivity contribution in [2.45, 2.75) is 34.2 Å². The number of amides is 1. The molecule has 0 saturated heterocycles. The van der Waals surface area contributed by atoms with Gasteiger partial charge in [0.25, 0.3) is 5.91 Å². The first-order chi connectivity index (χ1) is 10.9. The zero-order chi connectivity index (χ0) is 17.0. The standard InChI is InChI=1S/C18H24N2O3/c1-12(2)10-20(11-15-7-6-8-16(9-15)22-5)18(21)17-13(3)19-14(4)23-17/h6-9,12H,10-11H2,1-5H3. The molecule has 0 saturated carbocycles. The number of ether oxygens (including phenoxy) is 1. The number of oxazole rings is 1. The number of nitrogens with zero attached hydrogens (tertiary/aromatic N) is 2. The smallest absolute Gasteiger partial charge is 0.291 e. The Morgan fingerprint density at radius 2 is 2.09 bits per heavy atom. The lowest BCUT2D eigenvalue weighted by Gasteiger charge is -2.24. The Morgan fingerprint density at radius 3 is 2.65 bits per heavy atom. The quantitative estimate of drug-likeness (QED) is 0.817. The summed E-state index contributed by atoms with van der Waals surface area (Å²) in [5.41, 5.74) is 1.65. The van der Waals surface area contributed by atoms with Crippen molar-refractivity contribution in [3.05, 3.63) is 47.2 Å². The molecule has 0 aliphatic carbocycles. The van der Waals surface area contributed by atoms with Gasteiger partial charge in [-0.1, -0.05) is 26.0 Å². The van der Waals surface area contributed by atoms with Crippen LogP contribution in [0, 0.1) is 19.8 Å². The molecule has 0 fully saturated rings. The largest absolute Gasteiger partial charge is 0.497 e. The van der Waals surface area contributed by atoms with Crippen molar-refractivity contribution in [2.75, 3.05) is 13.7 Å². The van der Waals surface area contributed by atoms with Crippen molar-refractivity contribution in [3.8, 4) is 5.75 Å². The first kappa shape index (κ1) is 17.1. The molecule has 23 heavy (non-hydrogen) atoms. The number of hydrogen-bond donors (Lipinski definition) is 0. The average Bonchev–Trinajstić information content (AvgIpc) is 2.84. The summed E-state index contributed by atoms with van der Waals surface area (Å²) in [5, 5.41) is 0. The number of aryl methyl sites for hydroxylation is 2. The van der Waals surface area contributed by atoms with Crippen LogP contribution in [0.25, 0.3) is 0 Å². The lowest BCUT2D eigenvalue weighted by Crippen LogP contribution is -2.34. The second-order valence-electron chi connectivity index (χ2n) is 6.08. The lowest BCUT2D eigenvalue weighted by atomic mass is 10.1. The third-order valence-electron chi connectivity index (χ3n) is 3.48. The summed E-state index contributed by atoms with van der Waals surface area (Å²) in [5.74, 6) is 1.85. The maximum absolute atomic E-state index is 12.8. The molecule has 2 rings (SSSR count). The fourth-order valence-electron chi connectivity index (χ4n) is 2.52. The molecule has 5 heteroatoms. The number of methoxy groups -OCH3 is 1. The Kier molecular flexibility index (Phi) is 5.42. The maximum atomic E-state index is 12.8. The van der Waals surface area contributed by atoms with Crippen molar-refractivity contribution >= 4 is 5.91 Å². The number of carbonyl (C=O) groups excluding carboxylic acids is 1. The molecule has 1 aromatic carbocycles. The average molecular weight is 316 g/mol. The predicted octanol–water partition coefficient (Wildman–Crippen LogP) is 3.60. The Morgan fingerprint density at radius 1 is 1.35 bits per heavy atom. The summed E-state index contributed by atoms with van der Waals surface area (Å²) in [7, 11) is 1.64. The van der Waals surface area contributed by atoms with Crippen LogP contribution in [0.3, 0.4) is 0 Å². The van der Waals surface area contributed by atoms with E-state index in [1.165, 1.54) is 0 Å². The van der Waals surface area contributed by atoms with Crippen molar-refractivity contribution in [1.29, 1.82) is 0 Å². The second kappa shape index (κ2) is 7.31. The molecule has 0 aliphatic heterocycles. The molecule has 0 bridgehead atoms. The lowest BCUT2D eigenvalue weighted by molar-refractivity contribution is 0.0687. The van der Waals surface area contributed by atoms with Crippen LogP contribution in [0.4, 0.5) is 0 Å². The van der Waals surface area contributed by atoms with E-state index in [2.05, 4.69) is 18.8 Å². The third kappa shape index (κ3) is 4.34. The van der Waals surface area contributed by atoms with Gasteiger partial charge in [0, 0.05) is 20.0 Å². The molecule has 1 amide bonds. The molecule has 124 valence electrons. The molecule has 0 aliphatic rings. The molecule has 1 heterocycles. The first-order valence-electron chi connectivity index (χ1n) is 7.77. The molecule has 2 aromatic rings. The van der Waals surface area contributed by atoms with Crippen molar-refractivity contribution < 1.29 is 13.9 Å². The van der Waals surface area contributed by atoms with Crippen LogP contribution in [0.5, 0.6) is 5.75 Å². The second-order valence-corrected chi connectivity index (χ2v) is 6.08. The highest BCUT2D eigenvalue weighted by atomic mass is 16.5. The van der Waals surface area contributed by atoms with Crippen LogP contribution < -0.4 is 4.74 Å². The van der Waals surface area contributed by atoms with Crippen LogP contribution in [0.1, 0.15) is 41.6 Å². The van der Waals surface area contributed by atoms with Crippen LogP contribution in [0.15, 0.2) is 28.7 Å². The van der Waals surface area contributed by atoms with Gasteiger partial charge in [-0.15, -0.1) is 0 Å². The van der Waals surface area contributed by atoms with Gasteiger partial charge in [0.1, 0.15) is 5.75 Å². The van der Waals surface area contributed by atoms with Crippen LogP contribution in [0.2, 0.25) is 0 Å². The minimum atomic E-state index is -0.125. The molecular weight excluding hydrogens is 292 g/mol. The molecule has 1 aromatic heterocycles. The minimum absolute atomic E-state index is 0.125. The van der Waals surface area contributed by atoms with Crippen molar-refractivity contribution in [1.82, 2.24) is 9.88 Å². The van der Waals surface area contributed by atoms with Gasteiger partial charge in [-0.3, -0.25) is 4.79 Å². The number of hydrogen-bond acceptors (Lipinski definition) is 4. The summed E-state index contributed by atoms with van der Waals surface area (Å²) in [4.78, 5) is 18.8. The van der Waals surface area contributed by atoms with Gasteiger partial charge in [0.2, 0.25) is 5.76 Å². The van der Waals surface area contributed by atoms with E-state index in [4.69, 9.17) is 9.15 Å². The molecule has 0 atom stereocenters. The van der Waals surface area contributed by atoms with Crippen LogP contribution in [-0.4, -0.2) is 29.4 Å². The number of benzene rings is 1. The first-order valence-corrected chi connectivity index (χ1v) is 7.77. The highest BCUT2D eigenvalue weighted by molar-refractivity contribution is 5.92. The third-order valence-corrected chi connectivity index (χ3v) is 3.48. The van der Waals surface area contributed by atoms with Gasteiger partial charge < -0.3 is 14.1 Å². The summed E-state index contributed by atoms with van der Waals surface area (Å²) >= 11 is 0. The van der Waals surface area contributed by atoms with E-state index in [9.17, 15) is 4.79 Å². The van der Waals surface area contributed by atoms with Gasteiger partial charge in [-0.25, -0.2) is 4.98 Å². The summed E-state index contributed by atoms with van der Waals surface area (Å²) in [6, 6.07) is 7.75. The molecule has 0 spiro atoms. The van der Waals surface area contributed by atoms with Crippen molar-refractivity contribution in [2.24, 2.45) is 5.92 Å². The van der Waals surface area contributed by atoms with Gasteiger partial charge in [0.15, 0.2) is 5.89 Å². The van der Waals surface area contributed by atoms with E-state index in [1.54, 1.807) is 25.9 Å². The fraction of sp³-hybridized carbons (Fsp3) is 0.444. The Bertz CT molecular complexity index is 677. The number of rotatable bonds is 6. The maximum Gasteiger partial charge on any atom is 0.291 e. The topological polar surface area (TPSA) is 55.6 Å². The Balaban J connectivity index is 2.25. The van der Waals surface area contributed by atoms with E-state index >= 15 is 0 Å². The molecule has 0 N–H and O–H groups in total. The zero-order valence-electron chi connectivity index (χ0n) is 14.4. The summed E-state index contributed by atoms with van der Waals surface area (Å²) < 4.78 is 10.7. The van der Waals surface area contributed by atoms with E-state index in [0.29, 0.717) is 36.4 Å². The van der Waals surface area contributed by atoms with E-state index in [-0.39, 0.29) is 5.91 Å². The van der Waals surface area contributed by atoms with E-state index in [1.807, 2.05) is 24.3 Å². The summed E-state index contributed by atoms with van der Waals surface area (Å²) in [6.07, 6.45) is 0. The van der Waals surface area contributed by atoms with Gasteiger partial charge >= 0.3 is 0 Å². The molecule has 0 unspecified atom stereocenters. The molecular formula is C18H24N2O3. The Labute approximate surface area is 137 Å². The predicted molar refractivity (Wildman–Crippen MR) is 88.5 cm³/mol. The van der Waals surface area contributed by atoms with Gasteiger partial charge in [-0.05, 0) is 30.5 Å². The Hall–Kier alpha value is -2.30. The minimum Gasteiger partial charge on any atom is -0.497 e. The normalized spacial score (nSPS) is 10.9. The number of aromatic nitrogens is 1. The van der Waals surface area contributed by atoms with Gasteiger partial charge in [0.05, 0.1) is 12.8 Å². The highest BCUT2D eigenvalue weighted by Gasteiger charge is 2.23. The monoisotopic (exact) mass is 316 g/mol. The molecule has 5 nitrogen and oxygen atoms in total.